The lowest BCUT2D eigenvalue weighted by atomic mass is 10.1. The first-order chi connectivity index (χ1) is 8.95. The van der Waals surface area contributed by atoms with Crippen LogP contribution in [0.1, 0.15) is 12.5 Å². The SMILES string of the molecule is CC(N)Cc1cc(F)c(Oc2cnn(C)c2)c(F)c1. The van der Waals surface area contributed by atoms with Gasteiger partial charge in [0.1, 0.15) is 0 Å². The second-order valence-corrected chi connectivity index (χ2v) is 4.52. The fraction of sp³-hybridized carbons (Fsp3) is 0.308. The van der Waals surface area contributed by atoms with Gasteiger partial charge < -0.3 is 10.5 Å². The zero-order valence-electron chi connectivity index (χ0n) is 10.7. The largest absolute Gasteiger partial charge is 0.448 e. The number of benzene rings is 1. The molecular weight excluding hydrogens is 252 g/mol. The molecule has 1 heterocycles. The molecule has 1 aromatic carbocycles. The molecule has 0 bridgehead atoms. The van der Waals surface area contributed by atoms with Crippen molar-refractivity contribution in [1.82, 2.24) is 9.78 Å². The van der Waals surface area contributed by atoms with Gasteiger partial charge in [0, 0.05) is 13.1 Å². The molecule has 0 aliphatic rings. The first kappa shape index (κ1) is 13.5. The number of nitrogens with two attached hydrogens (primary N) is 1. The quantitative estimate of drug-likeness (QED) is 0.925. The molecule has 1 aromatic heterocycles. The van der Waals surface area contributed by atoms with Crippen molar-refractivity contribution < 1.29 is 13.5 Å². The Kier molecular flexibility index (Phi) is 3.80. The van der Waals surface area contributed by atoms with E-state index in [2.05, 4.69) is 5.10 Å². The standard InChI is InChI=1S/C13H15F2N3O/c1-8(16)3-9-4-11(14)13(12(15)5-9)19-10-6-17-18(2)7-10/h4-8H,3,16H2,1-2H3. The minimum Gasteiger partial charge on any atom is -0.448 e. The van der Waals surface area contributed by atoms with Crippen molar-refractivity contribution in [3.63, 3.8) is 0 Å². The van der Waals surface area contributed by atoms with Crippen LogP contribution < -0.4 is 10.5 Å². The van der Waals surface area contributed by atoms with Gasteiger partial charge in [-0.2, -0.15) is 5.10 Å². The van der Waals surface area contributed by atoms with Gasteiger partial charge in [0.25, 0.3) is 0 Å². The van der Waals surface area contributed by atoms with Crippen molar-refractivity contribution in [1.29, 1.82) is 0 Å². The number of halogens is 2. The highest BCUT2D eigenvalue weighted by Crippen LogP contribution is 2.28. The number of hydrogen-bond acceptors (Lipinski definition) is 3. The van der Waals surface area contributed by atoms with Gasteiger partial charge in [-0.1, -0.05) is 0 Å². The summed E-state index contributed by atoms with van der Waals surface area (Å²) in [6, 6.07) is 2.31. The Morgan fingerprint density at radius 2 is 2.00 bits per heavy atom. The van der Waals surface area contributed by atoms with Gasteiger partial charge in [0.15, 0.2) is 23.1 Å². The van der Waals surface area contributed by atoms with E-state index in [1.165, 1.54) is 29.2 Å². The van der Waals surface area contributed by atoms with E-state index in [9.17, 15) is 8.78 Å². The summed E-state index contributed by atoms with van der Waals surface area (Å²) in [6.07, 6.45) is 3.31. The Balaban J connectivity index is 2.26. The zero-order chi connectivity index (χ0) is 14.0. The zero-order valence-corrected chi connectivity index (χ0v) is 10.7. The molecule has 2 aromatic rings. The van der Waals surface area contributed by atoms with E-state index in [1.807, 2.05) is 0 Å². The predicted octanol–water partition coefficient (Wildman–Crippen LogP) is 2.38. The molecule has 102 valence electrons. The molecule has 0 aliphatic carbocycles. The topological polar surface area (TPSA) is 53.1 Å². The molecule has 0 radical (unpaired) electrons. The maximum absolute atomic E-state index is 13.8. The van der Waals surface area contributed by atoms with Gasteiger partial charge in [-0.15, -0.1) is 0 Å². The van der Waals surface area contributed by atoms with Crippen LogP contribution in [0.15, 0.2) is 24.5 Å². The monoisotopic (exact) mass is 267 g/mol. The summed E-state index contributed by atoms with van der Waals surface area (Å²) < 4.78 is 34.3. The van der Waals surface area contributed by atoms with Gasteiger partial charge in [0.05, 0.1) is 12.4 Å². The van der Waals surface area contributed by atoms with Crippen LogP contribution in [0.4, 0.5) is 8.78 Å². The molecular formula is C13H15F2N3O. The van der Waals surface area contributed by atoms with Gasteiger partial charge in [-0.3, -0.25) is 4.68 Å². The Bertz CT molecular complexity index is 558. The molecule has 0 saturated carbocycles. The summed E-state index contributed by atoms with van der Waals surface area (Å²) in [4.78, 5) is 0. The second kappa shape index (κ2) is 5.36. The van der Waals surface area contributed by atoms with Gasteiger partial charge >= 0.3 is 0 Å². The lowest BCUT2D eigenvalue weighted by molar-refractivity contribution is 0.406. The molecule has 1 atom stereocenters. The minimum atomic E-state index is -0.750. The Morgan fingerprint density at radius 1 is 1.37 bits per heavy atom. The van der Waals surface area contributed by atoms with Gasteiger partial charge in [-0.25, -0.2) is 8.78 Å². The van der Waals surface area contributed by atoms with Gasteiger partial charge in [0.2, 0.25) is 0 Å². The van der Waals surface area contributed by atoms with Gasteiger partial charge in [-0.05, 0) is 31.0 Å². The fourth-order valence-electron chi connectivity index (χ4n) is 1.77. The Hall–Kier alpha value is -1.95. The van der Waals surface area contributed by atoms with Crippen LogP contribution >= 0.6 is 0 Å². The molecule has 2 N–H and O–H groups in total. The lowest BCUT2D eigenvalue weighted by Crippen LogP contribution is -2.18. The molecule has 0 saturated heterocycles. The third-order valence-corrected chi connectivity index (χ3v) is 2.52. The number of hydrogen-bond donors (Lipinski definition) is 1. The average molecular weight is 267 g/mol. The van der Waals surface area contributed by atoms with E-state index in [4.69, 9.17) is 10.5 Å². The summed E-state index contributed by atoms with van der Waals surface area (Å²) in [5, 5.41) is 3.86. The molecule has 0 amide bonds. The van der Waals surface area contributed by atoms with E-state index in [-0.39, 0.29) is 11.8 Å². The summed E-state index contributed by atoms with van der Waals surface area (Å²) in [5.74, 6) is -1.65. The second-order valence-electron chi connectivity index (χ2n) is 4.52. The van der Waals surface area contributed by atoms with Crippen LogP contribution in [0.5, 0.6) is 11.5 Å². The molecule has 2 rings (SSSR count). The molecule has 4 nitrogen and oxygen atoms in total. The van der Waals surface area contributed by atoms with Crippen molar-refractivity contribution in [2.45, 2.75) is 19.4 Å². The van der Waals surface area contributed by atoms with E-state index in [0.717, 1.165) is 0 Å². The normalized spacial score (nSPS) is 12.5. The molecule has 0 aliphatic heterocycles. The molecule has 1 unspecified atom stereocenters. The van der Waals surface area contributed by atoms with E-state index in [0.29, 0.717) is 12.0 Å². The highest BCUT2D eigenvalue weighted by molar-refractivity contribution is 5.35. The van der Waals surface area contributed by atoms with Crippen LogP contribution in [-0.4, -0.2) is 15.8 Å². The summed E-state index contributed by atoms with van der Waals surface area (Å²) >= 11 is 0. The highest BCUT2D eigenvalue weighted by Gasteiger charge is 2.15. The van der Waals surface area contributed by atoms with Crippen molar-refractivity contribution >= 4 is 0 Å². The minimum absolute atomic E-state index is 0.163. The van der Waals surface area contributed by atoms with E-state index >= 15 is 0 Å². The molecule has 0 spiro atoms. The third kappa shape index (κ3) is 3.29. The van der Waals surface area contributed by atoms with Crippen molar-refractivity contribution in [3.05, 3.63) is 41.7 Å². The first-order valence-corrected chi connectivity index (χ1v) is 5.85. The number of ether oxygens (including phenoxy) is 1. The van der Waals surface area contributed by atoms with E-state index < -0.39 is 17.4 Å². The number of aromatic nitrogens is 2. The predicted molar refractivity (Wildman–Crippen MR) is 67.0 cm³/mol. The number of aryl methyl sites for hydroxylation is 1. The Labute approximate surface area is 109 Å². The summed E-state index contributed by atoms with van der Waals surface area (Å²) in [7, 11) is 1.69. The van der Waals surface area contributed by atoms with E-state index in [1.54, 1.807) is 14.0 Å². The molecule has 6 heteroatoms. The summed E-state index contributed by atoms with van der Waals surface area (Å²) in [6.45, 7) is 1.77. The third-order valence-electron chi connectivity index (χ3n) is 2.52. The fourth-order valence-corrected chi connectivity index (χ4v) is 1.77. The molecule has 19 heavy (non-hydrogen) atoms. The van der Waals surface area contributed by atoms with Crippen LogP contribution in [0.3, 0.4) is 0 Å². The van der Waals surface area contributed by atoms with Crippen LogP contribution in [0.2, 0.25) is 0 Å². The Morgan fingerprint density at radius 3 is 2.47 bits per heavy atom. The van der Waals surface area contributed by atoms with Crippen molar-refractivity contribution in [3.8, 4) is 11.5 Å². The van der Waals surface area contributed by atoms with Crippen LogP contribution in [0, 0.1) is 11.6 Å². The lowest BCUT2D eigenvalue weighted by Gasteiger charge is -2.09. The number of nitrogens with zero attached hydrogens (tertiary/aromatic N) is 2. The molecule has 0 fully saturated rings. The van der Waals surface area contributed by atoms with Crippen molar-refractivity contribution in [2.75, 3.05) is 0 Å². The number of rotatable bonds is 4. The summed E-state index contributed by atoms with van der Waals surface area (Å²) in [5.41, 5.74) is 6.11. The maximum atomic E-state index is 13.8. The first-order valence-electron chi connectivity index (χ1n) is 5.85. The van der Waals surface area contributed by atoms with Crippen LogP contribution in [0.25, 0.3) is 0 Å². The smallest absolute Gasteiger partial charge is 0.198 e. The van der Waals surface area contributed by atoms with Crippen molar-refractivity contribution in [2.24, 2.45) is 12.8 Å². The highest BCUT2D eigenvalue weighted by atomic mass is 19.1. The maximum Gasteiger partial charge on any atom is 0.198 e. The average Bonchev–Trinajstić information content (AvgIpc) is 2.68. The van der Waals surface area contributed by atoms with Crippen LogP contribution in [-0.2, 0) is 13.5 Å².